The quantitative estimate of drug-likeness (QED) is 0.670. The van der Waals surface area contributed by atoms with Gasteiger partial charge in [-0.15, -0.1) is 0 Å². The molecule has 20 heavy (non-hydrogen) atoms. The van der Waals surface area contributed by atoms with Crippen molar-refractivity contribution in [3.63, 3.8) is 0 Å². The van der Waals surface area contributed by atoms with E-state index in [0.717, 1.165) is 17.3 Å². The molecule has 108 valence electrons. The van der Waals surface area contributed by atoms with Gasteiger partial charge >= 0.3 is 5.69 Å². The molecule has 0 atom stereocenters. The Morgan fingerprint density at radius 2 is 2.15 bits per heavy atom. The van der Waals surface area contributed by atoms with E-state index in [9.17, 15) is 9.59 Å². The van der Waals surface area contributed by atoms with Gasteiger partial charge in [0.05, 0.1) is 0 Å². The first-order chi connectivity index (χ1) is 9.60. The van der Waals surface area contributed by atoms with E-state index in [4.69, 9.17) is 0 Å². The largest absolute Gasteiger partial charge is 0.329 e. The second kappa shape index (κ2) is 6.13. The van der Waals surface area contributed by atoms with Gasteiger partial charge in [0.2, 0.25) is 0 Å². The number of aryl methyl sites for hydroxylation is 1. The van der Waals surface area contributed by atoms with Crippen LogP contribution in [-0.2, 0) is 13.6 Å². The van der Waals surface area contributed by atoms with Crippen molar-refractivity contribution in [2.75, 3.05) is 5.75 Å². The number of fused-ring (bicyclic) bond motifs is 1. The lowest BCUT2D eigenvalue weighted by atomic mass is 10.4. The second-order valence-electron chi connectivity index (χ2n) is 4.41. The van der Waals surface area contributed by atoms with Crippen LogP contribution in [0.2, 0.25) is 0 Å². The van der Waals surface area contributed by atoms with Crippen LogP contribution in [0, 0.1) is 0 Å². The molecule has 2 heterocycles. The Morgan fingerprint density at radius 1 is 1.40 bits per heavy atom. The zero-order valence-corrected chi connectivity index (χ0v) is 12.7. The Balaban J connectivity index is 2.72. The summed E-state index contributed by atoms with van der Waals surface area (Å²) in [6.07, 6.45) is 4.91. The van der Waals surface area contributed by atoms with Gasteiger partial charge < -0.3 is 4.57 Å². The average molecular weight is 294 g/mol. The summed E-state index contributed by atoms with van der Waals surface area (Å²) in [5.74, 6) is 0.922. The van der Waals surface area contributed by atoms with Crippen molar-refractivity contribution in [1.82, 2.24) is 19.1 Å². The highest BCUT2D eigenvalue weighted by molar-refractivity contribution is 7.99. The minimum Gasteiger partial charge on any atom is -0.309 e. The molecule has 6 nitrogen and oxygen atoms in total. The van der Waals surface area contributed by atoms with Gasteiger partial charge in [-0.1, -0.05) is 30.8 Å². The number of imidazole rings is 1. The van der Waals surface area contributed by atoms with Crippen LogP contribution >= 0.6 is 11.8 Å². The van der Waals surface area contributed by atoms with Gasteiger partial charge in [-0.2, -0.15) is 0 Å². The first kappa shape index (κ1) is 14.6. The lowest BCUT2D eigenvalue weighted by molar-refractivity contribution is 0.743. The van der Waals surface area contributed by atoms with Crippen molar-refractivity contribution in [3.8, 4) is 0 Å². The molecule has 2 aromatic rings. The maximum absolute atomic E-state index is 12.1. The van der Waals surface area contributed by atoms with Crippen LogP contribution in [0.15, 0.2) is 26.9 Å². The second-order valence-corrected chi connectivity index (χ2v) is 5.48. The number of hydrogen-bond acceptors (Lipinski definition) is 4. The molecule has 1 N–H and O–H groups in total. The number of hydrogen-bond donors (Lipinski definition) is 1. The lowest BCUT2D eigenvalue weighted by Gasteiger charge is -2.04. The molecule has 0 fully saturated rings. The first-order valence-corrected chi connectivity index (χ1v) is 7.52. The van der Waals surface area contributed by atoms with Crippen molar-refractivity contribution in [1.29, 1.82) is 0 Å². The molecule has 0 aliphatic heterocycles. The van der Waals surface area contributed by atoms with Crippen molar-refractivity contribution in [3.05, 3.63) is 33.0 Å². The Labute approximate surface area is 120 Å². The van der Waals surface area contributed by atoms with Crippen LogP contribution in [-0.4, -0.2) is 24.9 Å². The number of thioether (sulfide) groups is 1. The number of H-pyrrole nitrogens is 1. The van der Waals surface area contributed by atoms with Gasteiger partial charge in [-0.25, -0.2) is 9.78 Å². The summed E-state index contributed by atoms with van der Waals surface area (Å²) < 4.78 is 3.23. The summed E-state index contributed by atoms with van der Waals surface area (Å²) in [4.78, 5) is 30.5. The molecule has 0 saturated carbocycles. The molecule has 2 rings (SSSR count). The zero-order chi connectivity index (χ0) is 14.7. The molecule has 0 saturated heterocycles. The molecule has 7 heteroatoms. The van der Waals surface area contributed by atoms with Crippen molar-refractivity contribution in [2.45, 2.75) is 32.0 Å². The van der Waals surface area contributed by atoms with Crippen LogP contribution in [0.5, 0.6) is 0 Å². The fourth-order valence-corrected chi connectivity index (χ4v) is 2.76. The number of allylic oxidation sites excluding steroid dienone is 2. The molecule has 2 aromatic heterocycles. The molecule has 0 aliphatic carbocycles. The van der Waals surface area contributed by atoms with Crippen LogP contribution in [0.3, 0.4) is 0 Å². The molecule has 0 unspecified atom stereocenters. The fourth-order valence-electron chi connectivity index (χ4n) is 1.90. The van der Waals surface area contributed by atoms with Gasteiger partial charge in [-0.3, -0.25) is 14.3 Å². The summed E-state index contributed by atoms with van der Waals surface area (Å²) in [5.41, 5.74) is 0.0549. The maximum atomic E-state index is 12.1. The predicted octanol–water partition coefficient (Wildman–Crippen LogP) is 1.50. The van der Waals surface area contributed by atoms with Crippen molar-refractivity contribution >= 4 is 22.9 Å². The number of nitrogens with zero attached hydrogens (tertiary/aromatic N) is 3. The molecule has 0 spiro atoms. The molecule has 0 amide bonds. The normalized spacial score (nSPS) is 11.8. The molecular formula is C13H18N4O2S. The molecule has 0 aromatic carbocycles. The summed E-state index contributed by atoms with van der Waals surface area (Å²) in [6.45, 7) is 4.59. The van der Waals surface area contributed by atoms with E-state index >= 15 is 0 Å². The van der Waals surface area contributed by atoms with Crippen LogP contribution in [0.1, 0.15) is 20.3 Å². The predicted molar refractivity (Wildman–Crippen MR) is 81.4 cm³/mol. The summed E-state index contributed by atoms with van der Waals surface area (Å²) in [7, 11) is 1.61. The Morgan fingerprint density at radius 3 is 2.80 bits per heavy atom. The van der Waals surface area contributed by atoms with E-state index in [0.29, 0.717) is 17.7 Å². The Hall–Kier alpha value is -1.76. The van der Waals surface area contributed by atoms with E-state index in [-0.39, 0.29) is 5.56 Å². The first-order valence-electron chi connectivity index (χ1n) is 6.53. The maximum Gasteiger partial charge on any atom is 0.329 e. The standard InChI is InChI=1S/C13H18N4O2S/c1-4-6-7-17-9-10(14-13(17)20-8-5-2)16(3)12(19)15-11(9)18/h4,6H,5,7-8H2,1-3H3,(H,15,18,19). The SMILES string of the molecule is CC=CCn1c(SCCC)nc2c1c(=O)[nH]c(=O)n2C. The van der Waals surface area contributed by atoms with Crippen LogP contribution < -0.4 is 11.2 Å². The number of aromatic amines is 1. The summed E-state index contributed by atoms with van der Waals surface area (Å²) >= 11 is 1.60. The summed E-state index contributed by atoms with van der Waals surface area (Å²) in [5, 5.41) is 0.770. The third kappa shape index (κ3) is 2.58. The molecule has 0 bridgehead atoms. The van der Waals surface area contributed by atoms with E-state index in [1.54, 1.807) is 18.8 Å². The minimum absolute atomic E-state index is 0.386. The molecular weight excluding hydrogens is 276 g/mol. The van der Waals surface area contributed by atoms with Crippen molar-refractivity contribution in [2.24, 2.45) is 7.05 Å². The van der Waals surface area contributed by atoms with E-state index in [1.165, 1.54) is 4.57 Å². The smallest absolute Gasteiger partial charge is 0.309 e. The van der Waals surface area contributed by atoms with Gasteiger partial charge in [0.1, 0.15) is 0 Å². The highest BCUT2D eigenvalue weighted by atomic mass is 32.2. The van der Waals surface area contributed by atoms with Gasteiger partial charge in [0, 0.05) is 19.3 Å². The summed E-state index contributed by atoms with van der Waals surface area (Å²) in [6, 6.07) is 0. The number of aromatic nitrogens is 4. The van der Waals surface area contributed by atoms with Crippen LogP contribution in [0.4, 0.5) is 0 Å². The van der Waals surface area contributed by atoms with Gasteiger partial charge in [0.25, 0.3) is 5.56 Å². The van der Waals surface area contributed by atoms with E-state index in [2.05, 4.69) is 16.9 Å². The average Bonchev–Trinajstić information content (AvgIpc) is 2.79. The third-order valence-corrected chi connectivity index (χ3v) is 4.11. The third-order valence-electron chi connectivity index (χ3n) is 2.93. The van der Waals surface area contributed by atoms with E-state index in [1.807, 2.05) is 23.6 Å². The fraction of sp³-hybridized carbons (Fsp3) is 0.462. The minimum atomic E-state index is -0.440. The van der Waals surface area contributed by atoms with E-state index < -0.39 is 5.69 Å². The van der Waals surface area contributed by atoms with Crippen molar-refractivity contribution < 1.29 is 0 Å². The highest BCUT2D eigenvalue weighted by Crippen LogP contribution is 2.21. The highest BCUT2D eigenvalue weighted by Gasteiger charge is 2.16. The monoisotopic (exact) mass is 294 g/mol. The topological polar surface area (TPSA) is 72.7 Å². The zero-order valence-electron chi connectivity index (χ0n) is 11.8. The Bertz CT molecular complexity index is 754. The molecule has 0 aliphatic rings. The van der Waals surface area contributed by atoms with Gasteiger partial charge in [0.15, 0.2) is 16.3 Å². The van der Waals surface area contributed by atoms with Gasteiger partial charge in [-0.05, 0) is 13.3 Å². The van der Waals surface area contributed by atoms with Crippen LogP contribution in [0.25, 0.3) is 11.2 Å². The molecule has 0 radical (unpaired) electrons. The number of rotatable bonds is 5. The Kier molecular flexibility index (Phi) is 4.49. The number of nitrogens with one attached hydrogen (secondary N) is 1. The lowest BCUT2D eigenvalue weighted by Crippen LogP contribution is -2.29.